The van der Waals surface area contributed by atoms with Crippen molar-refractivity contribution in [2.24, 2.45) is 0 Å². The largest absolute Gasteiger partial charge is 0.457 e. The van der Waals surface area contributed by atoms with Gasteiger partial charge >= 0.3 is 13.8 Å². The molecule has 0 aliphatic heterocycles. The fourth-order valence-electron chi connectivity index (χ4n) is 3.79. The number of nitrogens with zero attached hydrogens (tertiary/aromatic N) is 1. The Morgan fingerprint density at radius 3 is 2.34 bits per heavy atom. The van der Waals surface area contributed by atoms with E-state index in [2.05, 4.69) is 20.9 Å². The highest BCUT2D eigenvalue weighted by atomic mass is 79.9. The SMILES string of the molecule is CCOP(=O)(Cc1cc(Br)cc(Oc2ccc3nc4c(C(F)(F)F)cccc4cc3c2)c1)OCC. The monoisotopic (exact) mass is 567 g/mol. The maximum atomic E-state index is 13.4. The first-order valence-electron chi connectivity index (χ1n) is 10.9. The number of hydrogen-bond donors (Lipinski definition) is 0. The van der Waals surface area contributed by atoms with Crippen LogP contribution >= 0.6 is 23.5 Å². The van der Waals surface area contributed by atoms with Crippen molar-refractivity contribution in [3.8, 4) is 11.5 Å². The van der Waals surface area contributed by atoms with E-state index < -0.39 is 19.3 Å². The van der Waals surface area contributed by atoms with E-state index >= 15 is 0 Å². The number of aromatic nitrogens is 1. The highest BCUT2D eigenvalue weighted by Crippen LogP contribution is 2.51. The van der Waals surface area contributed by atoms with Gasteiger partial charge in [0.15, 0.2) is 0 Å². The van der Waals surface area contributed by atoms with Crippen LogP contribution in [0, 0.1) is 0 Å². The van der Waals surface area contributed by atoms with Gasteiger partial charge in [0.05, 0.1) is 36.0 Å². The molecule has 0 unspecified atom stereocenters. The van der Waals surface area contributed by atoms with E-state index in [1.807, 2.05) is 6.07 Å². The van der Waals surface area contributed by atoms with E-state index in [1.165, 1.54) is 6.07 Å². The standard InChI is InChI=1S/C25H22BrF3NO4P/c1-3-32-35(31,33-4-2)15-16-10-19(26)14-21(11-16)34-20-8-9-23-18(13-20)12-17-6-5-7-22(24(17)30-23)25(27,28)29/h5-14H,3-4,15H2,1-2H3. The van der Waals surface area contributed by atoms with Crippen molar-refractivity contribution in [3.63, 3.8) is 0 Å². The fraction of sp³-hybridized carbons (Fsp3) is 0.240. The lowest BCUT2D eigenvalue weighted by Crippen LogP contribution is -2.06. The van der Waals surface area contributed by atoms with Crippen LogP contribution in [0.2, 0.25) is 0 Å². The van der Waals surface area contributed by atoms with Crippen molar-refractivity contribution in [1.29, 1.82) is 0 Å². The lowest BCUT2D eigenvalue weighted by molar-refractivity contribution is -0.136. The van der Waals surface area contributed by atoms with Crippen LogP contribution in [0.15, 0.2) is 65.1 Å². The molecule has 1 heterocycles. The predicted molar refractivity (Wildman–Crippen MR) is 133 cm³/mol. The average molecular weight is 568 g/mol. The Morgan fingerprint density at radius 1 is 0.914 bits per heavy atom. The van der Waals surface area contributed by atoms with Crippen LogP contribution in [-0.2, 0) is 26.0 Å². The molecule has 4 rings (SSSR count). The van der Waals surface area contributed by atoms with Crippen LogP contribution in [0.4, 0.5) is 13.2 Å². The molecule has 4 aromatic rings. The Bertz CT molecular complexity index is 1420. The minimum absolute atomic E-state index is 0.0830. The summed E-state index contributed by atoms with van der Waals surface area (Å²) >= 11 is 3.45. The summed E-state index contributed by atoms with van der Waals surface area (Å²) in [5.41, 5.74) is 0.264. The smallest absolute Gasteiger partial charge is 0.418 e. The zero-order chi connectivity index (χ0) is 25.2. The number of halogens is 4. The van der Waals surface area contributed by atoms with Crippen LogP contribution in [-0.4, -0.2) is 18.2 Å². The normalized spacial score (nSPS) is 12.4. The molecule has 1 aromatic heterocycles. The van der Waals surface area contributed by atoms with E-state index in [0.717, 1.165) is 10.5 Å². The van der Waals surface area contributed by atoms with Crippen LogP contribution in [0.3, 0.4) is 0 Å². The predicted octanol–water partition coefficient (Wildman–Crippen LogP) is 8.73. The van der Waals surface area contributed by atoms with Gasteiger partial charge in [-0.1, -0.05) is 28.1 Å². The Morgan fingerprint density at radius 2 is 1.66 bits per heavy atom. The molecule has 10 heteroatoms. The molecular formula is C25H22BrF3NO4P. The molecule has 0 fully saturated rings. The highest BCUT2D eigenvalue weighted by molar-refractivity contribution is 9.10. The molecule has 35 heavy (non-hydrogen) atoms. The molecule has 5 nitrogen and oxygen atoms in total. The molecule has 0 N–H and O–H groups in total. The number of ether oxygens (including phenoxy) is 1. The Balaban J connectivity index is 1.65. The maximum Gasteiger partial charge on any atom is 0.418 e. The zero-order valence-electron chi connectivity index (χ0n) is 18.9. The van der Waals surface area contributed by atoms with Crippen molar-refractivity contribution in [2.75, 3.05) is 13.2 Å². The van der Waals surface area contributed by atoms with E-state index in [-0.39, 0.29) is 24.9 Å². The molecule has 0 aliphatic rings. The number of rotatable bonds is 8. The highest BCUT2D eigenvalue weighted by Gasteiger charge is 2.33. The Hall–Kier alpha value is -2.45. The third-order valence-electron chi connectivity index (χ3n) is 5.11. The van der Waals surface area contributed by atoms with Gasteiger partial charge in [0.25, 0.3) is 0 Å². The number of fused-ring (bicyclic) bond motifs is 2. The van der Waals surface area contributed by atoms with E-state index in [0.29, 0.717) is 33.4 Å². The molecule has 3 aromatic carbocycles. The maximum absolute atomic E-state index is 13.4. The van der Waals surface area contributed by atoms with Gasteiger partial charge in [0.2, 0.25) is 0 Å². The Kier molecular flexibility index (Phi) is 7.52. The first-order chi connectivity index (χ1) is 16.6. The van der Waals surface area contributed by atoms with Crippen molar-refractivity contribution < 1.29 is 31.5 Å². The van der Waals surface area contributed by atoms with Crippen LogP contribution in [0.1, 0.15) is 25.0 Å². The molecule has 0 atom stereocenters. The second-order valence-electron chi connectivity index (χ2n) is 7.72. The molecule has 0 bridgehead atoms. The van der Waals surface area contributed by atoms with Crippen LogP contribution in [0.5, 0.6) is 11.5 Å². The van der Waals surface area contributed by atoms with Gasteiger partial charge in [0.1, 0.15) is 11.5 Å². The molecule has 0 saturated carbocycles. The van der Waals surface area contributed by atoms with Crippen molar-refractivity contribution >= 4 is 45.3 Å². The minimum atomic E-state index is -4.49. The van der Waals surface area contributed by atoms with Gasteiger partial charge in [-0.25, -0.2) is 4.98 Å². The first-order valence-corrected chi connectivity index (χ1v) is 13.4. The molecule has 184 valence electrons. The van der Waals surface area contributed by atoms with Crippen LogP contribution in [0.25, 0.3) is 21.8 Å². The molecule has 0 amide bonds. The van der Waals surface area contributed by atoms with Crippen LogP contribution < -0.4 is 4.74 Å². The molecule has 0 aliphatic carbocycles. The lowest BCUT2D eigenvalue weighted by Gasteiger charge is -2.17. The van der Waals surface area contributed by atoms with Gasteiger partial charge in [-0.05, 0) is 67.9 Å². The fourth-order valence-corrected chi connectivity index (χ4v) is 5.98. The Labute approximate surface area is 208 Å². The summed E-state index contributed by atoms with van der Waals surface area (Å²) in [6.45, 7) is 4.03. The summed E-state index contributed by atoms with van der Waals surface area (Å²) in [4.78, 5) is 4.25. The van der Waals surface area contributed by atoms with Gasteiger partial charge < -0.3 is 13.8 Å². The van der Waals surface area contributed by atoms with Gasteiger partial charge in [0, 0.05) is 15.2 Å². The average Bonchev–Trinajstić information content (AvgIpc) is 2.76. The second-order valence-corrected chi connectivity index (χ2v) is 10.7. The van der Waals surface area contributed by atoms with E-state index in [1.54, 1.807) is 56.3 Å². The van der Waals surface area contributed by atoms with Gasteiger partial charge in [-0.3, -0.25) is 4.57 Å². The minimum Gasteiger partial charge on any atom is -0.457 e. The summed E-state index contributed by atoms with van der Waals surface area (Å²) in [6.07, 6.45) is -4.41. The van der Waals surface area contributed by atoms with E-state index in [9.17, 15) is 17.7 Å². The summed E-state index contributed by atoms with van der Waals surface area (Å²) in [5, 5.41) is 1.03. The molecule has 0 radical (unpaired) electrons. The summed E-state index contributed by atoms with van der Waals surface area (Å²) in [6, 6.07) is 15.9. The van der Waals surface area contributed by atoms with Crippen molar-refractivity contribution in [2.45, 2.75) is 26.2 Å². The number of para-hydroxylation sites is 1. The molecule has 0 spiro atoms. The van der Waals surface area contributed by atoms with Gasteiger partial charge in [-0.2, -0.15) is 13.2 Å². The number of alkyl halides is 3. The van der Waals surface area contributed by atoms with Crippen molar-refractivity contribution in [1.82, 2.24) is 4.98 Å². The number of hydrogen-bond acceptors (Lipinski definition) is 5. The van der Waals surface area contributed by atoms with Gasteiger partial charge in [-0.15, -0.1) is 0 Å². The second kappa shape index (κ2) is 10.3. The van der Waals surface area contributed by atoms with Crippen molar-refractivity contribution in [3.05, 3.63) is 76.3 Å². The summed E-state index contributed by atoms with van der Waals surface area (Å²) < 4.78 is 70.6. The molecular weight excluding hydrogens is 546 g/mol. The molecule has 0 saturated heterocycles. The summed E-state index contributed by atoms with van der Waals surface area (Å²) in [7, 11) is -3.30. The first kappa shape index (κ1) is 25.6. The quantitative estimate of drug-likeness (QED) is 0.157. The number of pyridine rings is 1. The summed E-state index contributed by atoms with van der Waals surface area (Å²) in [5.74, 6) is 0.967. The zero-order valence-corrected chi connectivity index (χ0v) is 21.4. The topological polar surface area (TPSA) is 57.7 Å². The third kappa shape index (κ3) is 6.04. The van der Waals surface area contributed by atoms with E-state index in [4.69, 9.17) is 13.8 Å². The number of benzene rings is 3. The lowest BCUT2D eigenvalue weighted by atomic mass is 10.1. The third-order valence-corrected chi connectivity index (χ3v) is 7.62.